The van der Waals surface area contributed by atoms with Crippen molar-refractivity contribution in [3.63, 3.8) is 0 Å². The van der Waals surface area contributed by atoms with Gasteiger partial charge in [-0.2, -0.15) is 15.1 Å². The SMILES string of the molecule is Cc1cc(/C=C2/C(=N)N3N=C(C(C)C)SC3=NC2=O)c(C)n1-c1ccc(F)cc1. The Hall–Kier alpha value is -3.00. The van der Waals surface area contributed by atoms with Gasteiger partial charge in [-0.15, -0.1) is 0 Å². The Kier molecular flexibility index (Phi) is 4.74. The zero-order valence-corrected chi connectivity index (χ0v) is 17.3. The fourth-order valence-electron chi connectivity index (χ4n) is 3.32. The zero-order valence-electron chi connectivity index (χ0n) is 16.5. The lowest BCUT2D eigenvalue weighted by molar-refractivity contribution is -0.114. The van der Waals surface area contributed by atoms with Gasteiger partial charge in [0.1, 0.15) is 10.9 Å². The maximum atomic E-state index is 13.3. The van der Waals surface area contributed by atoms with Crippen LogP contribution in [-0.2, 0) is 4.79 Å². The molecule has 0 spiro atoms. The van der Waals surface area contributed by atoms with Crippen molar-refractivity contribution in [1.29, 1.82) is 5.41 Å². The minimum atomic E-state index is -0.444. The van der Waals surface area contributed by atoms with Crippen molar-refractivity contribution in [2.75, 3.05) is 0 Å². The van der Waals surface area contributed by atoms with E-state index in [0.29, 0.717) is 5.17 Å². The molecule has 2 aliphatic heterocycles. The van der Waals surface area contributed by atoms with Gasteiger partial charge in [0.25, 0.3) is 5.91 Å². The van der Waals surface area contributed by atoms with E-state index in [0.717, 1.165) is 27.7 Å². The first kappa shape index (κ1) is 19.3. The van der Waals surface area contributed by atoms with Crippen LogP contribution in [0.15, 0.2) is 46.0 Å². The van der Waals surface area contributed by atoms with Crippen molar-refractivity contribution in [3.8, 4) is 5.69 Å². The van der Waals surface area contributed by atoms with Crippen molar-refractivity contribution in [1.82, 2.24) is 9.58 Å². The summed E-state index contributed by atoms with van der Waals surface area (Å²) in [4.78, 5) is 16.7. The molecule has 0 saturated carbocycles. The molecule has 0 fully saturated rings. The molecule has 8 heteroatoms. The molecule has 6 nitrogen and oxygen atoms in total. The lowest BCUT2D eigenvalue weighted by Gasteiger charge is -2.20. The van der Waals surface area contributed by atoms with Crippen LogP contribution in [0.25, 0.3) is 11.8 Å². The molecule has 0 saturated heterocycles. The number of fused-ring (bicyclic) bond motifs is 1. The Morgan fingerprint density at radius 3 is 2.55 bits per heavy atom. The lowest BCUT2D eigenvalue weighted by atomic mass is 10.1. The van der Waals surface area contributed by atoms with Crippen LogP contribution in [0.5, 0.6) is 0 Å². The Labute approximate surface area is 172 Å². The summed E-state index contributed by atoms with van der Waals surface area (Å²) in [6.45, 7) is 7.89. The smallest absolute Gasteiger partial charge is 0.283 e. The van der Waals surface area contributed by atoms with Crippen molar-refractivity contribution in [3.05, 3.63) is 58.7 Å². The van der Waals surface area contributed by atoms with Crippen LogP contribution < -0.4 is 0 Å². The second-order valence-electron chi connectivity index (χ2n) is 7.25. The van der Waals surface area contributed by atoms with Crippen LogP contribution in [0.3, 0.4) is 0 Å². The maximum Gasteiger partial charge on any atom is 0.283 e. The minimum absolute atomic E-state index is 0.0229. The van der Waals surface area contributed by atoms with E-state index in [-0.39, 0.29) is 23.1 Å². The number of amidine groups is 2. The number of amides is 1. The highest BCUT2D eigenvalue weighted by atomic mass is 32.2. The van der Waals surface area contributed by atoms with Gasteiger partial charge < -0.3 is 4.57 Å². The largest absolute Gasteiger partial charge is 0.318 e. The zero-order chi connectivity index (χ0) is 20.9. The molecule has 0 aliphatic carbocycles. The molecular formula is C21H20FN5OS. The van der Waals surface area contributed by atoms with Gasteiger partial charge in [0.2, 0.25) is 5.17 Å². The highest BCUT2D eigenvalue weighted by Gasteiger charge is 2.36. The molecular weight excluding hydrogens is 389 g/mol. The first-order valence-electron chi connectivity index (χ1n) is 9.21. The third-order valence-corrected chi connectivity index (χ3v) is 6.03. The highest BCUT2D eigenvalue weighted by Crippen LogP contribution is 2.31. The average molecular weight is 409 g/mol. The Morgan fingerprint density at radius 2 is 1.90 bits per heavy atom. The molecule has 0 unspecified atom stereocenters. The summed E-state index contributed by atoms with van der Waals surface area (Å²) in [7, 11) is 0. The maximum absolute atomic E-state index is 13.3. The Bertz CT molecular complexity index is 1120. The van der Waals surface area contributed by atoms with Crippen LogP contribution in [0.1, 0.15) is 30.8 Å². The molecule has 2 aromatic rings. The number of aliphatic imine (C=N–C) groups is 1. The molecule has 0 bridgehead atoms. The van der Waals surface area contributed by atoms with Crippen molar-refractivity contribution in [2.45, 2.75) is 27.7 Å². The van der Waals surface area contributed by atoms with E-state index in [1.165, 1.54) is 28.9 Å². The third kappa shape index (κ3) is 3.33. The van der Waals surface area contributed by atoms with E-state index in [1.54, 1.807) is 18.2 Å². The number of aromatic nitrogens is 1. The van der Waals surface area contributed by atoms with E-state index in [9.17, 15) is 9.18 Å². The summed E-state index contributed by atoms with van der Waals surface area (Å²) in [5.41, 5.74) is 3.66. The van der Waals surface area contributed by atoms with Crippen LogP contribution in [0.4, 0.5) is 4.39 Å². The first-order chi connectivity index (χ1) is 13.8. The Balaban J connectivity index is 1.74. The second kappa shape index (κ2) is 7.11. The van der Waals surface area contributed by atoms with Gasteiger partial charge in [0.05, 0.1) is 5.57 Å². The number of rotatable bonds is 3. The van der Waals surface area contributed by atoms with Crippen molar-refractivity contribution < 1.29 is 9.18 Å². The second-order valence-corrected chi connectivity index (χ2v) is 8.24. The van der Waals surface area contributed by atoms with Gasteiger partial charge in [-0.1, -0.05) is 13.8 Å². The van der Waals surface area contributed by atoms with Gasteiger partial charge in [0.15, 0.2) is 5.84 Å². The van der Waals surface area contributed by atoms with Gasteiger partial charge >= 0.3 is 0 Å². The predicted molar refractivity (Wildman–Crippen MR) is 115 cm³/mol. The van der Waals surface area contributed by atoms with E-state index in [2.05, 4.69) is 10.1 Å². The van der Waals surface area contributed by atoms with Crippen molar-refractivity contribution in [2.24, 2.45) is 16.0 Å². The van der Waals surface area contributed by atoms with Gasteiger partial charge in [-0.05, 0) is 67.6 Å². The van der Waals surface area contributed by atoms with E-state index < -0.39 is 5.91 Å². The van der Waals surface area contributed by atoms with Gasteiger partial charge in [-0.25, -0.2) is 4.39 Å². The first-order valence-corrected chi connectivity index (χ1v) is 10.0. The number of aryl methyl sites for hydroxylation is 1. The molecule has 1 N–H and O–H groups in total. The summed E-state index contributed by atoms with van der Waals surface area (Å²) in [6, 6.07) is 8.18. The van der Waals surface area contributed by atoms with Crippen LogP contribution in [0.2, 0.25) is 0 Å². The number of nitrogens with zero attached hydrogens (tertiary/aromatic N) is 4. The van der Waals surface area contributed by atoms with Crippen LogP contribution in [0, 0.1) is 31.0 Å². The predicted octanol–water partition coefficient (Wildman–Crippen LogP) is 4.51. The number of hydrazone groups is 1. The molecule has 3 heterocycles. The summed E-state index contributed by atoms with van der Waals surface area (Å²) >= 11 is 1.33. The topological polar surface area (TPSA) is 73.8 Å². The molecule has 0 atom stereocenters. The number of hydrogen-bond acceptors (Lipinski definition) is 4. The molecule has 1 aromatic carbocycles. The standard InChI is InChI=1S/C21H20FN5OS/c1-11(2)20-25-27-18(23)17(19(28)24-21(27)29-20)10-14-9-12(3)26(13(14)4)16-7-5-15(22)6-8-16/h5-11,23H,1-4H3/b17-10-,23-18?. The quantitative estimate of drug-likeness (QED) is 0.758. The summed E-state index contributed by atoms with van der Waals surface area (Å²) in [6.07, 6.45) is 1.68. The Morgan fingerprint density at radius 1 is 1.21 bits per heavy atom. The average Bonchev–Trinajstić information content (AvgIpc) is 3.21. The molecule has 148 valence electrons. The van der Waals surface area contributed by atoms with Crippen molar-refractivity contribution >= 4 is 39.8 Å². The number of carbonyl (C=O) groups excluding carboxylic acids is 1. The highest BCUT2D eigenvalue weighted by molar-refractivity contribution is 8.27. The number of benzene rings is 1. The summed E-state index contributed by atoms with van der Waals surface area (Å²) < 4.78 is 15.3. The van der Waals surface area contributed by atoms with E-state index in [1.807, 2.05) is 38.3 Å². The lowest BCUT2D eigenvalue weighted by Crippen LogP contribution is -2.35. The molecule has 2 aliphatic rings. The summed E-state index contributed by atoms with van der Waals surface area (Å²) in [5, 5.41) is 15.6. The minimum Gasteiger partial charge on any atom is -0.318 e. The monoisotopic (exact) mass is 409 g/mol. The molecule has 29 heavy (non-hydrogen) atoms. The molecule has 1 aromatic heterocycles. The van der Waals surface area contributed by atoms with E-state index >= 15 is 0 Å². The molecule has 1 amide bonds. The number of thioether (sulfide) groups is 1. The normalized spacial score (nSPS) is 17.9. The molecule has 4 rings (SSSR count). The van der Waals surface area contributed by atoms with Gasteiger partial charge in [0, 0.05) is 23.0 Å². The third-order valence-electron chi connectivity index (χ3n) is 4.82. The van der Waals surface area contributed by atoms with Crippen LogP contribution in [-0.4, -0.2) is 31.5 Å². The molecule has 0 radical (unpaired) electrons. The number of nitrogens with one attached hydrogen (secondary N) is 1. The van der Waals surface area contributed by atoms with Crippen LogP contribution >= 0.6 is 11.8 Å². The van der Waals surface area contributed by atoms with E-state index in [4.69, 9.17) is 5.41 Å². The fourth-order valence-corrected chi connectivity index (χ4v) is 4.21. The fraction of sp³-hybridized carbons (Fsp3) is 0.238. The number of carbonyl (C=O) groups is 1. The summed E-state index contributed by atoms with van der Waals surface area (Å²) in [5.74, 6) is -0.521. The van der Waals surface area contributed by atoms with Gasteiger partial charge in [-0.3, -0.25) is 10.2 Å². The number of hydrogen-bond donors (Lipinski definition) is 1. The number of halogens is 1.